The van der Waals surface area contributed by atoms with Crippen molar-refractivity contribution in [3.63, 3.8) is 0 Å². The van der Waals surface area contributed by atoms with Gasteiger partial charge in [0.05, 0.1) is 0 Å². The molecule has 8 heteroatoms. The lowest BCUT2D eigenvalue weighted by Crippen LogP contribution is -2.30. The second kappa shape index (κ2) is 6.97. The zero-order chi connectivity index (χ0) is 16.1. The van der Waals surface area contributed by atoms with Crippen LogP contribution < -0.4 is 11.0 Å². The fraction of sp³-hybridized carbons (Fsp3) is 0.500. The van der Waals surface area contributed by atoms with Gasteiger partial charge in [0.25, 0.3) is 5.91 Å². The molecule has 2 aromatic heterocycles. The van der Waals surface area contributed by atoms with Gasteiger partial charge in [0, 0.05) is 25.7 Å². The molecule has 0 aliphatic carbocycles. The van der Waals surface area contributed by atoms with Gasteiger partial charge in [0.2, 0.25) is 0 Å². The average molecular weight is 304 g/mol. The summed E-state index contributed by atoms with van der Waals surface area (Å²) in [6.45, 7) is 4.48. The molecule has 8 nitrogen and oxygen atoms in total. The maximum Gasteiger partial charge on any atom is 0.345 e. The van der Waals surface area contributed by atoms with Crippen LogP contribution in [0.25, 0.3) is 0 Å². The topological polar surface area (TPSA) is 106 Å². The Kier molecular flexibility index (Phi) is 5.03. The zero-order valence-corrected chi connectivity index (χ0v) is 13.0. The number of aromatic amines is 1. The number of hydrogen-bond donors (Lipinski definition) is 2. The average Bonchev–Trinajstić information content (AvgIpc) is 2.83. The van der Waals surface area contributed by atoms with Gasteiger partial charge in [0.1, 0.15) is 17.8 Å². The molecule has 0 fully saturated rings. The molecule has 0 unspecified atom stereocenters. The molecule has 2 N–H and O–H groups in total. The molecule has 0 bridgehead atoms. The van der Waals surface area contributed by atoms with Crippen LogP contribution in [-0.4, -0.2) is 37.2 Å². The van der Waals surface area contributed by atoms with E-state index >= 15 is 0 Å². The molecule has 1 amide bonds. The van der Waals surface area contributed by atoms with Gasteiger partial charge in [-0.1, -0.05) is 13.8 Å². The molecule has 0 saturated carbocycles. The summed E-state index contributed by atoms with van der Waals surface area (Å²) in [6.07, 6.45) is 2.72. The Morgan fingerprint density at radius 1 is 1.45 bits per heavy atom. The molecule has 0 radical (unpaired) electrons. The van der Waals surface area contributed by atoms with Crippen LogP contribution in [-0.2, 0) is 19.9 Å². The highest BCUT2D eigenvalue weighted by atomic mass is 16.2. The molecule has 2 heterocycles. The van der Waals surface area contributed by atoms with Crippen molar-refractivity contribution < 1.29 is 4.79 Å². The van der Waals surface area contributed by atoms with E-state index in [9.17, 15) is 9.59 Å². The van der Waals surface area contributed by atoms with Crippen molar-refractivity contribution in [1.82, 2.24) is 30.0 Å². The Morgan fingerprint density at radius 3 is 2.86 bits per heavy atom. The molecule has 0 spiro atoms. The van der Waals surface area contributed by atoms with E-state index < -0.39 is 5.69 Å². The Labute approximate surface area is 128 Å². The molecule has 2 aromatic rings. The van der Waals surface area contributed by atoms with Gasteiger partial charge in [-0.3, -0.25) is 9.48 Å². The summed E-state index contributed by atoms with van der Waals surface area (Å²) in [5, 5.41) is 6.70. The highest BCUT2D eigenvalue weighted by Gasteiger charge is 2.11. The first-order valence-corrected chi connectivity index (χ1v) is 7.17. The number of hydrogen-bond acceptors (Lipinski definition) is 5. The Bertz CT molecular complexity index is 703. The summed E-state index contributed by atoms with van der Waals surface area (Å²) in [6, 6.07) is 1.62. The van der Waals surface area contributed by atoms with E-state index in [1.807, 2.05) is 13.8 Å². The van der Waals surface area contributed by atoms with Crippen molar-refractivity contribution in [2.75, 3.05) is 6.54 Å². The standard InChI is InChI=1S/C14H20N6O2/c1-9(2)6-10-7-11(19-14(22)18-10)13(21)15-5-4-12-16-8-17-20(12)3/h7-9H,4-6H2,1-3H3,(H,15,21)(H,18,19,22). The third-order valence-electron chi connectivity index (χ3n) is 3.10. The zero-order valence-electron chi connectivity index (χ0n) is 13.0. The lowest BCUT2D eigenvalue weighted by atomic mass is 10.1. The Balaban J connectivity index is 1.98. The molecule has 0 aromatic carbocycles. The van der Waals surface area contributed by atoms with Gasteiger partial charge in [-0.15, -0.1) is 0 Å². The van der Waals surface area contributed by atoms with Crippen molar-refractivity contribution in [2.45, 2.75) is 26.7 Å². The van der Waals surface area contributed by atoms with E-state index in [-0.39, 0.29) is 11.6 Å². The van der Waals surface area contributed by atoms with E-state index in [0.29, 0.717) is 31.0 Å². The second-order valence-electron chi connectivity index (χ2n) is 5.50. The van der Waals surface area contributed by atoms with E-state index in [2.05, 4.69) is 25.4 Å². The third kappa shape index (κ3) is 4.24. The molecule has 0 atom stereocenters. The SMILES string of the molecule is CC(C)Cc1cc(C(=O)NCCc2ncnn2C)nc(=O)[nH]1. The Morgan fingerprint density at radius 2 is 2.23 bits per heavy atom. The minimum absolute atomic E-state index is 0.136. The summed E-state index contributed by atoms with van der Waals surface area (Å²) < 4.78 is 1.65. The van der Waals surface area contributed by atoms with Crippen molar-refractivity contribution >= 4 is 5.91 Å². The van der Waals surface area contributed by atoms with E-state index in [4.69, 9.17) is 0 Å². The molecule has 22 heavy (non-hydrogen) atoms. The van der Waals surface area contributed by atoms with Crippen molar-refractivity contribution in [2.24, 2.45) is 13.0 Å². The third-order valence-corrected chi connectivity index (χ3v) is 3.10. The van der Waals surface area contributed by atoms with Crippen LogP contribution in [0.1, 0.15) is 35.9 Å². The maximum absolute atomic E-state index is 12.1. The number of aryl methyl sites for hydroxylation is 1. The number of rotatable bonds is 6. The van der Waals surface area contributed by atoms with Crippen LogP contribution in [0.5, 0.6) is 0 Å². The summed E-state index contributed by atoms with van der Waals surface area (Å²) in [7, 11) is 1.79. The summed E-state index contributed by atoms with van der Waals surface area (Å²) >= 11 is 0. The lowest BCUT2D eigenvalue weighted by Gasteiger charge is -2.07. The maximum atomic E-state index is 12.1. The van der Waals surface area contributed by atoms with Gasteiger partial charge >= 0.3 is 5.69 Å². The quantitative estimate of drug-likeness (QED) is 0.785. The largest absolute Gasteiger partial charge is 0.350 e. The highest BCUT2D eigenvalue weighted by Crippen LogP contribution is 2.04. The van der Waals surface area contributed by atoms with Crippen molar-refractivity contribution in [3.8, 4) is 0 Å². The van der Waals surface area contributed by atoms with Crippen LogP contribution in [0.4, 0.5) is 0 Å². The number of nitrogens with zero attached hydrogens (tertiary/aromatic N) is 4. The smallest absolute Gasteiger partial charge is 0.345 e. The Hall–Kier alpha value is -2.51. The first-order chi connectivity index (χ1) is 10.5. The van der Waals surface area contributed by atoms with Crippen LogP contribution in [0, 0.1) is 5.92 Å². The van der Waals surface area contributed by atoms with E-state index in [1.165, 1.54) is 6.33 Å². The first-order valence-electron chi connectivity index (χ1n) is 7.17. The number of carbonyl (C=O) groups is 1. The molecule has 0 aliphatic heterocycles. The normalized spacial score (nSPS) is 10.9. The van der Waals surface area contributed by atoms with Gasteiger partial charge < -0.3 is 10.3 Å². The molecular weight excluding hydrogens is 284 g/mol. The summed E-state index contributed by atoms with van der Waals surface area (Å²) in [5.74, 6) is 0.794. The minimum atomic E-state index is -0.503. The predicted octanol–water partition coefficient (Wildman–Crippen LogP) is 0.0694. The number of amides is 1. The van der Waals surface area contributed by atoms with E-state index in [0.717, 1.165) is 5.82 Å². The van der Waals surface area contributed by atoms with E-state index in [1.54, 1.807) is 17.8 Å². The van der Waals surface area contributed by atoms with Gasteiger partial charge in [0.15, 0.2) is 0 Å². The van der Waals surface area contributed by atoms with Gasteiger partial charge in [-0.05, 0) is 18.4 Å². The lowest BCUT2D eigenvalue weighted by molar-refractivity contribution is 0.0948. The number of carbonyl (C=O) groups excluding carboxylic acids is 1. The molecule has 0 saturated heterocycles. The van der Waals surface area contributed by atoms with Crippen LogP contribution in [0.2, 0.25) is 0 Å². The molecule has 2 rings (SSSR count). The van der Waals surface area contributed by atoms with Crippen molar-refractivity contribution in [3.05, 3.63) is 40.1 Å². The van der Waals surface area contributed by atoms with Crippen LogP contribution in [0.15, 0.2) is 17.2 Å². The molecule has 0 aliphatic rings. The van der Waals surface area contributed by atoms with Gasteiger partial charge in [-0.2, -0.15) is 10.1 Å². The fourth-order valence-electron chi connectivity index (χ4n) is 2.10. The monoisotopic (exact) mass is 304 g/mol. The molecule has 118 valence electrons. The minimum Gasteiger partial charge on any atom is -0.350 e. The second-order valence-corrected chi connectivity index (χ2v) is 5.50. The predicted molar refractivity (Wildman–Crippen MR) is 80.4 cm³/mol. The number of nitrogens with one attached hydrogen (secondary N) is 2. The fourth-order valence-corrected chi connectivity index (χ4v) is 2.10. The van der Waals surface area contributed by atoms with Crippen LogP contribution in [0.3, 0.4) is 0 Å². The van der Waals surface area contributed by atoms with Crippen molar-refractivity contribution in [1.29, 1.82) is 0 Å². The summed E-state index contributed by atoms with van der Waals surface area (Å²) in [4.78, 5) is 34.1. The number of H-pyrrole nitrogens is 1. The van der Waals surface area contributed by atoms with Gasteiger partial charge in [-0.25, -0.2) is 9.78 Å². The van der Waals surface area contributed by atoms with Crippen LogP contribution >= 0.6 is 0 Å². The first kappa shape index (κ1) is 15.9. The highest BCUT2D eigenvalue weighted by molar-refractivity contribution is 5.92. The molecular formula is C14H20N6O2. The summed E-state index contributed by atoms with van der Waals surface area (Å²) in [5.41, 5.74) is 0.349. The number of aromatic nitrogens is 5.